The van der Waals surface area contributed by atoms with E-state index in [0.717, 1.165) is 5.57 Å². The van der Waals surface area contributed by atoms with Crippen LogP contribution in [-0.4, -0.2) is 0 Å². The van der Waals surface area contributed by atoms with Crippen molar-refractivity contribution in [3.63, 3.8) is 0 Å². The fraction of sp³-hybridized carbons (Fsp3) is 0. The summed E-state index contributed by atoms with van der Waals surface area (Å²) in [6.07, 6.45) is 7.04. The molecule has 0 atom stereocenters. The fourth-order valence-electron chi connectivity index (χ4n) is 0.358. The van der Waals surface area contributed by atoms with Crippen LogP contribution in [0.3, 0.4) is 0 Å². The fourth-order valence-corrected chi connectivity index (χ4v) is 0.358. The summed E-state index contributed by atoms with van der Waals surface area (Å²) >= 11 is 0. The Kier molecular flexibility index (Phi) is 3.95. The summed E-state index contributed by atoms with van der Waals surface area (Å²) in [6.45, 7) is 10.7. The Morgan fingerprint density at radius 2 is 1.38 bits per heavy atom. The molecule has 0 aromatic carbocycles. The lowest BCUT2D eigenvalue weighted by atomic mass is 10.2. The zero-order valence-electron chi connectivity index (χ0n) is 4.93. The summed E-state index contributed by atoms with van der Waals surface area (Å²) in [4.78, 5) is 0. The molecular weight excluding hydrogens is 96.1 g/mol. The summed E-state index contributed by atoms with van der Waals surface area (Å²) in [5.74, 6) is 0. The predicted octanol–water partition coefficient (Wildman–Crippen LogP) is 2.32. The van der Waals surface area contributed by atoms with Crippen molar-refractivity contribution in [1.82, 2.24) is 0 Å². The number of hydrogen-bond acceptors (Lipinski definition) is 0. The van der Waals surface area contributed by atoms with Gasteiger partial charge >= 0.3 is 0 Å². The second kappa shape index (κ2) is 4.38. The summed E-state index contributed by atoms with van der Waals surface area (Å²) in [7, 11) is 0. The van der Waals surface area contributed by atoms with Crippen LogP contribution in [0.5, 0.6) is 0 Å². The van der Waals surface area contributed by atoms with Crippen molar-refractivity contribution in [2.45, 2.75) is 0 Å². The van der Waals surface area contributed by atoms with Crippen molar-refractivity contribution < 1.29 is 0 Å². The second-order valence-electron chi connectivity index (χ2n) is 1.38. The SMILES string of the molecule is [CH2]/C=C/C(=C)/C=C/[CH2]. The van der Waals surface area contributed by atoms with Crippen LogP contribution >= 0.6 is 0 Å². The van der Waals surface area contributed by atoms with E-state index in [4.69, 9.17) is 0 Å². The van der Waals surface area contributed by atoms with Gasteiger partial charge in [-0.05, 0) is 19.4 Å². The molecule has 0 heterocycles. The van der Waals surface area contributed by atoms with Gasteiger partial charge in [0.25, 0.3) is 0 Å². The van der Waals surface area contributed by atoms with Crippen molar-refractivity contribution in [3.8, 4) is 0 Å². The summed E-state index contributed by atoms with van der Waals surface area (Å²) in [6, 6.07) is 0. The molecule has 0 saturated carbocycles. The minimum atomic E-state index is 0.926. The number of rotatable bonds is 2. The molecule has 8 heavy (non-hydrogen) atoms. The molecule has 0 aliphatic heterocycles. The van der Waals surface area contributed by atoms with Gasteiger partial charge in [0, 0.05) is 0 Å². The van der Waals surface area contributed by atoms with Crippen molar-refractivity contribution in [3.05, 3.63) is 50.3 Å². The van der Waals surface area contributed by atoms with E-state index in [0.29, 0.717) is 0 Å². The normalized spacial score (nSPS) is 11.2. The molecule has 0 N–H and O–H groups in total. The lowest BCUT2D eigenvalue weighted by molar-refractivity contribution is 1.73. The molecule has 0 aliphatic rings. The summed E-state index contributed by atoms with van der Waals surface area (Å²) < 4.78 is 0. The van der Waals surface area contributed by atoms with Crippen LogP contribution in [0.4, 0.5) is 0 Å². The molecule has 0 amide bonds. The van der Waals surface area contributed by atoms with E-state index in [1.807, 2.05) is 12.2 Å². The monoisotopic (exact) mass is 106 g/mol. The Balaban J connectivity index is 3.66. The molecule has 0 aromatic heterocycles. The highest BCUT2D eigenvalue weighted by Crippen LogP contribution is 1.92. The van der Waals surface area contributed by atoms with Gasteiger partial charge in [-0.1, -0.05) is 30.9 Å². The van der Waals surface area contributed by atoms with E-state index >= 15 is 0 Å². The predicted molar refractivity (Wildman–Crippen MR) is 38.1 cm³/mol. The molecule has 0 nitrogen and oxygen atoms in total. The Hall–Kier alpha value is -0.780. The van der Waals surface area contributed by atoms with E-state index in [9.17, 15) is 0 Å². The average Bonchev–Trinajstić information content (AvgIpc) is 1.68. The Morgan fingerprint density at radius 1 is 1.00 bits per heavy atom. The molecule has 0 rings (SSSR count). The highest BCUT2D eigenvalue weighted by Gasteiger charge is 1.72. The van der Waals surface area contributed by atoms with Crippen LogP contribution in [-0.2, 0) is 0 Å². The number of hydrogen-bond donors (Lipinski definition) is 0. The van der Waals surface area contributed by atoms with Crippen LogP contribution in [0.25, 0.3) is 0 Å². The summed E-state index contributed by atoms with van der Waals surface area (Å²) in [5.41, 5.74) is 0.926. The zero-order chi connectivity index (χ0) is 6.41. The third kappa shape index (κ3) is 3.41. The van der Waals surface area contributed by atoms with Gasteiger partial charge in [-0.3, -0.25) is 0 Å². The maximum absolute atomic E-state index is 3.68. The van der Waals surface area contributed by atoms with E-state index < -0.39 is 0 Å². The first-order valence-electron chi connectivity index (χ1n) is 2.41. The molecule has 0 bridgehead atoms. The first kappa shape index (κ1) is 7.22. The maximum Gasteiger partial charge on any atom is -0.0313 e. The molecule has 0 saturated heterocycles. The third-order valence-electron chi connectivity index (χ3n) is 0.664. The first-order chi connectivity index (χ1) is 3.81. The molecule has 42 valence electrons. The topological polar surface area (TPSA) is 0 Å². The Labute approximate surface area is 51.2 Å². The van der Waals surface area contributed by atoms with E-state index in [2.05, 4.69) is 20.4 Å². The average molecular weight is 106 g/mol. The van der Waals surface area contributed by atoms with Gasteiger partial charge in [0.1, 0.15) is 0 Å². The smallest absolute Gasteiger partial charge is 0.0313 e. The van der Waals surface area contributed by atoms with Crippen LogP contribution in [0, 0.1) is 13.8 Å². The zero-order valence-corrected chi connectivity index (χ0v) is 4.93. The van der Waals surface area contributed by atoms with Gasteiger partial charge in [0.2, 0.25) is 0 Å². The lowest BCUT2D eigenvalue weighted by Gasteiger charge is -1.82. The van der Waals surface area contributed by atoms with Gasteiger partial charge in [-0.2, -0.15) is 0 Å². The Morgan fingerprint density at radius 3 is 1.62 bits per heavy atom. The minimum Gasteiger partial charge on any atom is -0.0918 e. The van der Waals surface area contributed by atoms with Crippen LogP contribution in [0.1, 0.15) is 0 Å². The van der Waals surface area contributed by atoms with Gasteiger partial charge in [0.15, 0.2) is 0 Å². The lowest BCUT2D eigenvalue weighted by Crippen LogP contribution is -1.61. The largest absolute Gasteiger partial charge is 0.0918 e. The first-order valence-corrected chi connectivity index (χ1v) is 2.41. The van der Waals surface area contributed by atoms with E-state index in [-0.39, 0.29) is 0 Å². The van der Waals surface area contributed by atoms with Gasteiger partial charge in [-0.25, -0.2) is 0 Å². The van der Waals surface area contributed by atoms with E-state index in [1.165, 1.54) is 0 Å². The molecule has 0 spiro atoms. The third-order valence-corrected chi connectivity index (χ3v) is 0.664. The maximum atomic E-state index is 3.68. The quantitative estimate of drug-likeness (QED) is 0.474. The molecule has 0 aromatic rings. The van der Waals surface area contributed by atoms with Crippen molar-refractivity contribution in [2.24, 2.45) is 0 Å². The molecule has 0 fully saturated rings. The van der Waals surface area contributed by atoms with Gasteiger partial charge in [-0.15, -0.1) is 0 Å². The standard InChI is InChI=1S/C8H10/c1-4-6-8(3)7-5-2/h4-7H,1-3H2/b6-4+,7-5+. The molecule has 0 heteroatoms. The van der Waals surface area contributed by atoms with Crippen molar-refractivity contribution in [2.75, 3.05) is 0 Å². The van der Waals surface area contributed by atoms with Gasteiger partial charge in [0.05, 0.1) is 0 Å². The van der Waals surface area contributed by atoms with E-state index in [1.54, 1.807) is 12.2 Å². The molecule has 0 aliphatic carbocycles. The van der Waals surface area contributed by atoms with Crippen LogP contribution < -0.4 is 0 Å². The van der Waals surface area contributed by atoms with Crippen LogP contribution in [0.15, 0.2) is 36.5 Å². The number of allylic oxidation sites excluding steroid dienone is 5. The van der Waals surface area contributed by atoms with Crippen molar-refractivity contribution >= 4 is 0 Å². The summed E-state index contributed by atoms with van der Waals surface area (Å²) in [5, 5.41) is 0. The highest BCUT2D eigenvalue weighted by molar-refractivity contribution is 5.27. The van der Waals surface area contributed by atoms with Crippen LogP contribution in [0.2, 0.25) is 0 Å². The molecular formula is C8H10. The molecule has 2 radical (unpaired) electrons. The Bertz CT molecular complexity index is 102. The minimum absolute atomic E-state index is 0.926. The molecule has 0 unspecified atom stereocenters. The second-order valence-corrected chi connectivity index (χ2v) is 1.38. The van der Waals surface area contributed by atoms with Gasteiger partial charge < -0.3 is 0 Å². The van der Waals surface area contributed by atoms with Crippen molar-refractivity contribution in [1.29, 1.82) is 0 Å². The highest BCUT2D eigenvalue weighted by atomic mass is 13.8.